The molecule has 1 aromatic heterocycles. The second-order valence-electron chi connectivity index (χ2n) is 7.01. The standard InChI is InChI=1S/C23H16ClN3O6S/c1-2-32-15-6-3-13(4-7-15)26-22(29)18(21(28)25-23(26)34)12-16-8-10-20(33-16)17-11-14(27(30)31)5-9-19(17)24/h3-12H,2H2,1H3,(H,25,28,34)/b18-12+. The molecule has 0 saturated carbocycles. The zero-order chi connectivity index (χ0) is 24.4. The zero-order valence-electron chi connectivity index (χ0n) is 17.6. The Morgan fingerprint density at radius 2 is 1.91 bits per heavy atom. The highest BCUT2D eigenvalue weighted by Crippen LogP contribution is 2.33. The predicted molar refractivity (Wildman–Crippen MR) is 130 cm³/mol. The maximum absolute atomic E-state index is 13.2. The first-order valence-corrected chi connectivity index (χ1v) is 10.8. The van der Waals surface area contributed by atoms with E-state index in [1.165, 1.54) is 41.3 Å². The molecule has 0 unspecified atom stereocenters. The average molecular weight is 498 g/mol. The Labute approximate surface area is 203 Å². The highest BCUT2D eigenvalue weighted by atomic mass is 35.5. The van der Waals surface area contributed by atoms with E-state index in [1.807, 2.05) is 6.92 Å². The highest BCUT2D eigenvalue weighted by Gasteiger charge is 2.34. The van der Waals surface area contributed by atoms with Gasteiger partial charge in [-0.1, -0.05) is 11.6 Å². The van der Waals surface area contributed by atoms with Crippen molar-refractivity contribution in [3.8, 4) is 17.1 Å². The van der Waals surface area contributed by atoms with Crippen LogP contribution in [-0.2, 0) is 9.59 Å². The number of carbonyl (C=O) groups excluding carboxylic acids is 2. The van der Waals surface area contributed by atoms with Crippen LogP contribution in [0.5, 0.6) is 5.75 Å². The summed E-state index contributed by atoms with van der Waals surface area (Å²) in [6.45, 7) is 2.35. The molecule has 2 heterocycles. The molecule has 0 spiro atoms. The molecule has 34 heavy (non-hydrogen) atoms. The van der Waals surface area contributed by atoms with Crippen molar-refractivity contribution in [1.82, 2.24) is 5.32 Å². The van der Waals surface area contributed by atoms with Gasteiger partial charge in [0.2, 0.25) is 0 Å². The number of halogens is 1. The molecule has 9 nitrogen and oxygen atoms in total. The van der Waals surface area contributed by atoms with E-state index in [0.29, 0.717) is 23.6 Å². The Morgan fingerprint density at radius 1 is 1.18 bits per heavy atom. The number of rotatable bonds is 6. The van der Waals surface area contributed by atoms with Gasteiger partial charge < -0.3 is 9.15 Å². The van der Waals surface area contributed by atoms with Crippen LogP contribution in [-0.4, -0.2) is 28.5 Å². The quantitative estimate of drug-likeness (QED) is 0.172. The van der Waals surface area contributed by atoms with Crippen LogP contribution >= 0.6 is 23.8 Å². The Bertz CT molecular complexity index is 1350. The van der Waals surface area contributed by atoms with E-state index in [-0.39, 0.29) is 32.9 Å². The molecule has 2 amide bonds. The summed E-state index contributed by atoms with van der Waals surface area (Å²) in [4.78, 5) is 37.4. The molecule has 1 aliphatic rings. The van der Waals surface area contributed by atoms with Gasteiger partial charge in [0.25, 0.3) is 17.5 Å². The average Bonchev–Trinajstić information content (AvgIpc) is 3.26. The minimum absolute atomic E-state index is 0.0557. The van der Waals surface area contributed by atoms with Crippen molar-refractivity contribution < 1.29 is 23.7 Å². The molecular weight excluding hydrogens is 482 g/mol. The maximum Gasteiger partial charge on any atom is 0.270 e. The molecule has 0 bridgehead atoms. The number of anilines is 1. The van der Waals surface area contributed by atoms with Crippen LogP contribution in [0.2, 0.25) is 5.02 Å². The zero-order valence-corrected chi connectivity index (χ0v) is 19.2. The molecule has 172 valence electrons. The summed E-state index contributed by atoms with van der Waals surface area (Å²) in [6, 6.07) is 13.7. The lowest BCUT2D eigenvalue weighted by Crippen LogP contribution is -2.54. The van der Waals surface area contributed by atoms with Gasteiger partial charge in [0.15, 0.2) is 5.11 Å². The van der Waals surface area contributed by atoms with Crippen molar-refractivity contribution in [2.24, 2.45) is 0 Å². The topological polar surface area (TPSA) is 115 Å². The molecule has 11 heteroatoms. The summed E-state index contributed by atoms with van der Waals surface area (Å²) in [7, 11) is 0. The Balaban J connectivity index is 1.65. The number of amides is 2. The first kappa shape index (κ1) is 23.1. The number of nitro groups is 1. The number of non-ortho nitro benzene ring substituents is 1. The second kappa shape index (κ2) is 9.46. The van der Waals surface area contributed by atoms with Crippen molar-refractivity contribution in [1.29, 1.82) is 0 Å². The number of nitrogens with one attached hydrogen (secondary N) is 1. The van der Waals surface area contributed by atoms with Crippen LogP contribution in [0.1, 0.15) is 12.7 Å². The molecule has 0 atom stereocenters. The van der Waals surface area contributed by atoms with E-state index >= 15 is 0 Å². The lowest BCUT2D eigenvalue weighted by Gasteiger charge is -2.28. The van der Waals surface area contributed by atoms with Crippen LogP contribution in [0.3, 0.4) is 0 Å². The van der Waals surface area contributed by atoms with Crippen molar-refractivity contribution in [3.05, 3.63) is 81.1 Å². The van der Waals surface area contributed by atoms with Crippen LogP contribution in [0.25, 0.3) is 17.4 Å². The molecule has 2 aromatic carbocycles. The van der Waals surface area contributed by atoms with Crippen LogP contribution < -0.4 is 15.0 Å². The number of thiocarbonyl (C=S) groups is 1. The molecule has 3 aromatic rings. The Hall–Kier alpha value is -4.02. The molecule has 4 rings (SSSR count). The van der Waals surface area contributed by atoms with Crippen molar-refractivity contribution in [2.75, 3.05) is 11.5 Å². The van der Waals surface area contributed by atoms with Gasteiger partial charge in [0.05, 0.1) is 22.2 Å². The fraction of sp³-hybridized carbons (Fsp3) is 0.0870. The fourth-order valence-electron chi connectivity index (χ4n) is 3.28. The number of furan rings is 1. The third kappa shape index (κ3) is 4.54. The number of hydrogen-bond donors (Lipinski definition) is 1. The SMILES string of the molecule is CCOc1ccc(N2C(=O)/C(=C/c3ccc(-c4cc([N+](=O)[O-])ccc4Cl)o3)C(=O)NC2=S)cc1. The van der Waals surface area contributed by atoms with E-state index < -0.39 is 16.7 Å². The molecule has 1 fully saturated rings. The number of benzene rings is 2. The summed E-state index contributed by atoms with van der Waals surface area (Å²) in [5.41, 5.74) is 0.399. The molecular formula is C23H16ClN3O6S. The summed E-state index contributed by atoms with van der Waals surface area (Å²) in [6.07, 6.45) is 1.27. The summed E-state index contributed by atoms with van der Waals surface area (Å²) < 4.78 is 11.1. The normalized spacial score (nSPS) is 14.9. The number of hydrogen-bond acceptors (Lipinski definition) is 7. The van der Waals surface area contributed by atoms with Gasteiger partial charge in [-0.3, -0.25) is 29.9 Å². The smallest absolute Gasteiger partial charge is 0.270 e. The lowest BCUT2D eigenvalue weighted by atomic mass is 10.1. The first-order chi connectivity index (χ1) is 16.3. The molecule has 1 aliphatic heterocycles. The number of ether oxygens (including phenoxy) is 1. The molecule has 1 N–H and O–H groups in total. The maximum atomic E-state index is 13.2. The van der Waals surface area contributed by atoms with E-state index in [9.17, 15) is 19.7 Å². The number of nitro benzene ring substituents is 1. The third-order valence-electron chi connectivity index (χ3n) is 4.85. The molecule has 0 aliphatic carbocycles. The van der Waals surface area contributed by atoms with Gasteiger partial charge >= 0.3 is 0 Å². The summed E-state index contributed by atoms with van der Waals surface area (Å²) in [5, 5.41) is 13.8. The Kier molecular flexibility index (Phi) is 6.44. The van der Waals surface area contributed by atoms with Crippen molar-refractivity contribution in [3.63, 3.8) is 0 Å². The predicted octanol–water partition coefficient (Wildman–Crippen LogP) is 4.74. The third-order valence-corrected chi connectivity index (χ3v) is 5.46. The van der Waals surface area contributed by atoms with Gasteiger partial charge in [-0.25, -0.2) is 0 Å². The van der Waals surface area contributed by atoms with E-state index in [0.717, 1.165) is 0 Å². The highest BCUT2D eigenvalue weighted by molar-refractivity contribution is 7.80. The lowest BCUT2D eigenvalue weighted by molar-refractivity contribution is -0.384. The monoisotopic (exact) mass is 497 g/mol. The van der Waals surface area contributed by atoms with Gasteiger partial charge in [0, 0.05) is 17.7 Å². The van der Waals surface area contributed by atoms with E-state index in [4.69, 9.17) is 33.0 Å². The number of nitrogens with zero attached hydrogens (tertiary/aromatic N) is 2. The largest absolute Gasteiger partial charge is 0.494 e. The van der Waals surface area contributed by atoms with E-state index in [2.05, 4.69) is 5.32 Å². The minimum Gasteiger partial charge on any atom is -0.494 e. The second-order valence-corrected chi connectivity index (χ2v) is 7.80. The van der Waals surface area contributed by atoms with Crippen molar-refractivity contribution >= 4 is 58.2 Å². The van der Waals surface area contributed by atoms with Gasteiger partial charge in [-0.15, -0.1) is 0 Å². The van der Waals surface area contributed by atoms with Gasteiger partial charge in [-0.2, -0.15) is 0 Å². The van der Waals surface area contributed by atoms with E-state index in [1.54, 1.807) is 24.3 Å². The number of carbonyl (C=O) groups is 2. The van der Waals surface area contributed by atoms with Crippen LogP contribution in [0.4, 0.5) is 11.4 Å². The fourth-order valence-corrected chi connectivity index (χ4v) is 3.77. The summed E-state index contributed by atoms with van der Waals surface area (Å²) >= 11 is 11.4. The van der Waals surface area contributed by atoms with Crippen molar-refractivity contribution in [2.45, 2.75) is 6.92 Å². The van der Waals surface area contributed by atoms with Gasteiger partial charge in [0.1, 0.15) is 22.8 Å². The summed E-state index contributed by atoms with van der Waals surface area (Å²) in [5.74, 6) is -0.268. The van der Waals surface area contributed by atoms with Gasteiger partial charge in [-0.05, 0) is 67.7 Å². The molecule has 0 radical (unpaired) electrons. The minimum atomic E-state index is -0.677. The first-order valence-electron chi connectivity index (χ1n) is 9.97. The van der Waals surface area contributed by atoms with Crippen LogP contribution in [0, 0.1) is 10.1 Å². The molecule has 1 saturated heterocycles. The Morgan fingerprint density at radius 3 is 2.59 bits per heavy atom. The van der Waals surface area contributed by atoms with Crippen LogP contribution in [0.15, 0.2) is 64.6 Å².